The predicted molar refractivity (Wildman–Crippen MR) is 142 cm³/mol. The number of nitrogens with one attached hydrogen (secondary N) is 2. The molecule has 1 aliphatic rings. The third-order valence-electron chi connectivity index (χ3n) is 6.14. The van der Waals surface area contributed by atoms with Gasteiger partial charge in [0.15, 0.2) is 0 Å². The number of thioether (sulfide) groups is 1. The van der Waals surface area contributed by atoms with Crippen molar-refractivity contribution in [1.29, 1.82) is 0 Å². The fourth-order valence-corrected chi connectivity index (χ4v) is 4.66. The highest BCUT2D eigenvalue weighted by molar-refractivity contribution is 7.99. The van der Waals surface area contributed by atoms with Crippen molar-refractivity contribution >= 4 is 29.3 Å². The molecule has 0 bridgehead atoms. The van der Waals surface area contributed by atoms with Gasteiger partial charge in [-0.1, -0.05) is 56.3 Å². The molecule has 0 fully saturated rings. The molecule has 184 valence electrons. The Morgan fingerprint density at radius 3 is 2.74 bits per heavy atom. The lowest BCUT2D eigenvalue weighted by atomic mass is 9.94. The molecule has 1 amide bonds. The second-order valence-corrected chi connectivity index (χ2v) is 9.87. The van der Waals surface area contributed by atoms with E-state index in [1.165, 1.54) is 0 Å². The Bertz CT molecular complexity index is 1250. The maximum atomic E-state index is 13.8. The lowest BCUT2D eigenvalue weighted by Gasteiger charge is -2.29. The highest BCUT2D eigenvalue weighted by Crippen LogP contribution is 2.38. The maximum Gasteiger partial charge on any atom is 0.255 e. The lowest BCUT2D eigenvalue weighted by molar-refractivity contribution is -0.113. The number of unbranched alkanes of at least 4 members (excludes halogenated alkanes) is 1. The smallest absolute Gasteiger partial charge is 0.255 e. The standard InChI is InChI=1S/C27H33N5O2S/c1-6-8-15-34-21-13-10-12-20(16-21)24-23(25(33)29-22-14-9-11-17(3)18(22)4)19(5)28-26-30-27(35-7-2)31-32(24)26/h9-14,16,24H,6-8,15H2,1-5H3,(H,29,33)(H,28,30,31). The summed E-state index contributed by atoms with van der Waals surface area (Å²) in [6.07, 6.45) is 2.06. The van der Waals surface area contributed by atoms with E-state index >= 15 is 0 Å². The van der Waals surface area contributed by atoms with E-state index in [0.29, 0.717) is 23.3 Å². The summed E-state index contributed by atoms with van der Waals surface area (Å²) < 4.78 is 7.79. The monoisotopic (exact) mass is 491 g/mol. The zero-order chi connectivity index (χ0) is 24.9. The van der Waals surface area contributed by atoms with Gasteiger partial charge in [0.2, 0.25) is 11.1 Å². The second kappa shape index (κ2) is 11.0. The Balaban J connectivity index is 1.75. The number of carbonyl (C=O) groups excluding carboxylic acids is 1. The molecule has 7 nitrogen and oxygen atoms in total. The molecule has 8 heteroatoms. The summed E-state index contributed by atoms with van der Waals surface area (Å²) in [5, 5.41) is 11.9. The number of fused-ring (bicyclic) bond motifs is 1. The number of allylic oxidation sites excluding steroid dienone is 1. The number of aromatic nitrogens is 3. The minimum atomic E-state index is -0.440. The van der Waals surface area contributed by atoms with Gasteiger partial charge in [0.25, 0.3) is 5.91 Å². The van der Waals surface area contributed by atoms with Gasteiger partial charge in [-0.05, 0) is 67.8 Å². The highest BCUT2D eigenvalue weighted by Gasteiger charge is 2.34. The van der Waals surface area contributed by atoms with E-state index in [9.17, 15) is 4.79 Å². The first-order chi connectivity index (χ1) is 16.9. The molecule has 2 heterocycles. The van der Waals surface area contributed by atoms with Crippen molar-refractivity contribution in [1.82, 2.24) is 14.8 Å². The molecule has 35 heavy (non-hydrogen) atoms. The van der Waals surface area contributed by atoms with Crippen LogP contribution in [0.4, 0.5) is 11.6 Å². The minimum Gasteiger partial charge on any atom is -0.494 e. The van der Waals surface area contributed by atoms with E-state index in [2.05, 4.69) is 29.5 Å². The topological polar surface area (TPSA) is 81.1 Å². The Kier molecular flexibility index (Phi) is 7.80. The first-order valence-corrected chi connectivity index (χ1v) is 13.1. The average molecular weight is 492 g/mol. The van der Waals surface area contributed by atoms with Crippen molar-refractivity contribution < 1.29 is 9.53 Å². The SMILES string of the molecule is CCCCOc1cccc(C2C(C(=O)Nc3cccc(C)c3C)=C(C)Nc3nc(SCC)nn32)c1. The second-order valence-electron chi connectivity index (χ2n) is 8.64. The molecule has 2 N–H and O–H groups in total. The largest absolute Gasteiger partial charge is 0.494 e. The maximum absolute atomic E-state index is 13.8. The molecule has 0 radical (unpaired) electrons. The zero-order valence-electron chi connectivity index (χ0n) is 21.0. The molecule has 1 atom stereocenters. The fraction of sp³-hybridized carbons (Fsp3) is 0.370. The van der Waals surface area contributed by atoms with Crippen molar-refractivity contribution in [3.8, 4) is 5.75 Å². The van der Waals surface area contributed by atoms with Gasteiger partial charge in [-0.15, -0.1) is 5.10 Å². The van der Waals surface area contributed by atoms with Gasteiger partial charge in [-0.2, -0.15) is 4.98 Å². The molecule has 0 aliphatic carbocycles. The molecule has 1 aromatic heterocycles. The van der Waals surface area contributed by atoms with Crippen LogP contribution in [-0.4, -0.2) is 33.0 Å². The average Bonchev–Trinajstić information content (AvgIpc) is 3.23. The molecule has 0 spiro atoms. The molecule has 4 rings (SSSR count). The van der Waals surface area contributed by atoms with E-state index in [1.807, 2.05) is 67.9 Å². The summed E-state index contributed by atoms with van der Waals surface area (Å²) in [6.45, 7) is 10.8. The Labute approximate surface area is 211 Å². The van der Waals surface area contributed by atoms with Crippen LogP contribution in [0.15, 0.2) is 58.9 Å². The summed E-state index contributed by atoms with van der Waals surface area (Å²) in [7, 11) is 0. The van der Waals surface area contributed by atoms with Gasteiger partial charge in [0, 0.05) is 11.4 Å². The minimum absolute atomic E-state index is 0.170. The van der Waals surface area contributed by atoms with Crippen LogP contribution < -0.4 is 15.4 Å². The van der Waals surface area contributed by atoms with Gasteiger partial charge in [-0.25, -0.2) is 4.68 Å². The van der Waals surface area contributed by atoms with E-state index in [0.717, 1.165) is 52.4 Å². The number of ether oxygens (including phenoxy) is 1. The van der Waals surface area contributed by atoms with Gasteiger partial charge in [0.1, 0.15) is 11.8 Å². The molecule has 1 unspecified atom stereocenters. The van der Waals surface area contributed by atoms with Gasteiger partial charge in [0.05, 0.1) is 12.2 Å². The summed E-state index contributed by atoms with van der Waals surface area (Å²) in [5.41, 5.74) is 5.25. The predicted octanol–water partition coefficient (Wildman–Crippen LogP) is 6.11. The Morgan fingerprint density at radius 2 is 1.97 bits per heavy atom. The van der Waals surface area contributed by atoms with Crippen LogP contribution in [0, 0.1) is 13.8 Å². The number of hydrogen-bond donors (Lipinski definition) is 2. The Morgan fingerprint density at radius 1 is 1.17 bits per heavy atom. The third-order valence-corrected chi connectivity index (χ3v) is 6.86. The van der Waals surface area contributed by atoms with Crippen molar-refractivity contribution in [2.45, 2.75) is 58.7 Å². The van der Waals surface area contributed by atoms with Crippen LogP contribution in [0.25, 0.3) is 0 Å². The van der Waals surface area contributed by atoms with Crippen LogP contribution in [0.5, 0.6) is 5.75 Å². The first-order valence-electron chi connectivity index (χ1n) is 12.1. The van der Waals surface area contributed by atoms with Crippen molar-refractivity contribution in [2.75, 3.05) is 23.0 Å². The molecule has 0 saturated heterocycles. The van der Waals surface area contributed by atoms with E-state index in [1.54, 1.807) is 11.8 Å². The van der Waals surface area contributed by atoms with Crippen LogP contribution in [0.3, 0.4) is 0 Å². The number of nitrogens with zero attached hydrogens (tertiary/aromatic N) is 3. The quantitative estimate of drug-likeness (QED) is 0.277. The molecule has 1 aliphatic heterocycles. The summed E-state index contributed by atoms with van der Waals surface area (Å²) in [5.74, 6) is 2.11. The van der Waals surface area contributed by atoms with Crippen LogP contribution >= 0.6 is 11.8 Å². The number of anilines is 2. The van der Waals surface area contributed by atoms with Crippen LogP contribution in [-0.2, 0) is 4.79 Å². The van der Waals surface area contributed by atoms with Gasteiger partial charge in [-0.3, -0.25) is 4.79 Å². The fourth-order valence-electron chi connectivity index (χ4n) is 4.11. The number of rotatable bonds is 9. The van der Waals surface area contributed by atoms with Crippen molar-refractivity contribution in [3.63, 3.8) is 0 Å². The van der Waals surface area contributed by atoms with Gasteiger partial charge < -0.3 is 15.4 Å². The molecular formula is C27H33N5O2S. The van der Waals surface area contributed by atoms with E-state index < -0.39 is 6.04 Å². The molecular weight excluding hydrogens is 458 g/mol. The number of hydrogen-bond acceptors (Lipinski definition) is 6. The Hall–Kier alpha value is -3.26. The first kappa shape index (κ1) is 24.9. The number of aryl methyl sites for hydroxylation is 1. The highest BCUT2D eigenvalue weighted by atomic mass is 32.2. The van der Waals surface area contributed by atoms with E-state index in [4.69, 9.17) is 9.84 Å². The van der Waals surface area contributed by atoms with Gasteiger partial charge >= 0.3 is 0 Å². The summed E-state index contributed by atoms with van der Waals surface area (Å²) >= 11 is 1.57. The number of amides is 1. The van der Waals surface area contributed by atoms with Crippen molar-refractivity contribution in [3.05, 3.63) is 70.4 Å². The zero-order valence-corrected chi connectivity index (χ0v) is 21.8. The normalized spacial score (nSPS) is 14.9. The van der Waals surface area contributed by atoms with Crippen LogP contribution in [0.1, 0.15) is 56.3 Å². The summed E-state index contributed by atoms with van der Waals surface area (Å²) in [4.78, 5) is 18.4. The number of carbonyl (C=O) groups is 1. The molecule has 0 saturated carbocycles. The molecule has 3 aromatic rings. The number of benzene rings is 2. The lowest BCUT2D eigenvalue weighted by Crippen LogP contribution is -2.31. The third kappa shape index (κ3) is 5.37. The van der Waals surface area contributed by atoms with E-state index in [-0.39, 0.29) is 5.91 Å². The molecule has 2 aromatic carbocycles. The van der Waals surface area contributed by atoms with Crippen molar-refractivity contribution in [2.24, 2.45) is 0 Å². The van der Waals surface area contributed by atoms with Crippen LogP contribution in [0.2, 0.25) is 0 Å². The summed E-state index contributed by atoms with van der Waals surface area (Å²) in [6, 6.07) is 13.4.